The van der Waals surface area contributed by atoms with Gasteiger partial charge in [0.1, 0.15) is 11.6 Å². The maximum Gasteiger partial charge on any atom is 0.270 e. The van der Waals surface area contributed by atoms with Gasteiger partial charge in [-0.25, -0.2) is 4.39 Å². The van der Waals surface area contributed by atoms with Crippen LogP contribution in [0.1, 0.15) is 38.5 Å². The van der Waals surface area contributed by atoms with Crippen molar-refractivity contribution in [3.8, 4) is 5.75 Å². The van der Waals surface area contributed by atoms with Crippen molar-refractivity contribution in [3.63, 3.8) is 0 Å². The molecule has 0 radical (unpaired) electrons. The van der Waals surface area contributed by atoms with Crippen LogP contribution in [0.5, 0.6) is 5.75 Å². The maximum atomic E-state index is 13.8. The lowest BCUT2D eigenvalue weighted by Gasteiger charge is -2.41. The Bertz CT molecular complexity index is 1350. The predicted molar refractivity (Wildman–Crippen MR) is 136 cm³/mol. The number of aryl methyl sites for hydroxylation is 1. The van der Waals surface area contributed by atoms with Gasteiger partial charge >= 0.3 is 0 Å². The molecule has 2 fully saturated rings. The third-order valence-electron chi connectivity index (χ3n) is 7.52. The molecule has 2 aromatic heterocycles. The number of benzene rings is 1. The third kappa shape index (κ3) is 4.31. The highest BCUT2D eigenvalue weighted by atomic mass is 19.1. The smallest absolute Gasteiger partial charge is 0.270 e. The molecule has 0 spiro atoms. The van der Waals surface area contributed by atoms with Crippen molar-refractivity contribution in [1.82, 2.24) is 9.55 Å². The van der Waals surface area contributed by atoms with E-state index in [1.807, 2.05) is 13.1 Å². The molecule has 2 aliphatic rings. The molecule has 7 nitrogen and oxygen atoms in total. The minimum Gasteiger partial charge on any atom is -0.494 e. The van der Waals surface area contributed by atoms with Gasteiger partial charge < -0.3 is 23.9 Å². The van der Waals surface area contributed by atoms with Crippen molar-refractivity contribution in [2.75, 3.05) is 24.0 Å². The summed E-state index contributed by atoms with van der Waals surface area (Å²) in [4.78, 5) is 25.3. The molecule has 35 heavy (non-hydrogen) atoms. The first-order valence-electron chi connectivity index (χ1n) is 12.1. The Hall–Kier alpha value is -3.60. The molecule has 0 bridgehead atoms. The number of anilines is 2. The molecule has 2 saturated carbocycles. The molecular formula is C27H30FN5O2. The van der Waals surface area contributed by atoms with Crippen LogP contribution >= 0.6 is 0 Å². The predicted octanol–water partition coefficient (Wildman–Crippen LogP) is 5.05. The molecule has 0 aliphatic heterocycles. The number of aromatic nitrogens is 2. The van der Waals surface area contributed by atoms with E-state index in [-0.39, 0.29) is 17.4 Å². The van der Waals surface area contributed by atoms with Gasteiger partial charge in [0.15, 0.2) is 0 Å². The molecule has 0 atom stereocenters. The summed E-state index contributed by atoms with van der Waals surface area (Å²) >= 11 is 0. The fourth-order valence-corrected chi connectivity index (χ4v) is 5.46. The minimum atomic E-state index is -0.289. The Kier molecular flexibility index (Phi) is 6.10. The number of hydrogen-bond donors (Lipinski definition) is 0. The van der Waals surface area contributed by atoms with Crippen LogP contribution in [0.2, 0.25) is 0 Å². The summed E-state index contributed by atoms with van der Waals surface area (Å²) in [5.74, 6) is 0.621. The molecule has 0 saturated heterocycles. The van der Waals surface area contributed by atoms with Crippen molar-refractivity contribution in [1.29, 1.82) is 0 Å². The number of pyridine rings is 2. The van der Waals surface area contributed by atoms with E-state index in [4.69, 9.17) is 11.3 Å². The van der Waals surface area contributed by atoms with Gasteiger partial charge in [-0.3, -0.25) is 4.79 Å². The average molecular weight is 476 g/mol. The Morgan fingerprint density at radius 1 is 1.03 bits per heavy atom. The molecule has 182 valence electrons. The number of nitrogens with zero attached hydrogens (tertiary/aromatic N) is 5. The summed E-state index contributed by atoms with van der Waals surface area (Å²) in [5, 5.41) is 0. The SMILES string of the molecule is [C-]#[N+]c1ccc2c(n1)c(N(C)C1CCC(N(c3ccc(F)cc3OC)C3CC3)CC1)cc(=O)n2C. The second-order valence-electron chi connectivity index (χ2n) is 9.60. The molecule has 0 N–H and O–H groups in total. The lowest BCUT2D eigenvalue weighted by atomic mass is 9.88. The van der Waals surface area contributed by atoms with Gasteiger partial charge in [-0.1, -0.05) is 6.57 Å². The van der Waals surface area contributed by atoms with Crippen LogP contribution in [0.25, 0.3) is 15.9 Å². The highest BCUT2D eigenvalue weighted by molar-refractivity contribution is 5.89. The minimum absolute atomic E-state index is 0.0892. The van der Waals surface area contributed by atoms with Crippen LogP contribution in [-0.4, -0.2) is 41.8 Å². The molecule has 5 rings (SSSR count). The van der Waals surface area contributed by atoms with Crippen molar-refractivity contribution < 1.29 is 9.13 Å². The van der Waals surface area contributed by atoms with Crippen molar-refractivity contribution in [2.45, 2.75) is 56.7 Å². The lowest BCUT2D eigenvalue weighted by molar-refractivity contribution is 0.360. The number of halogens is 1. The zero-order valence-electron chi connectivity index (χ0n) is 20.4. The highest BCUT2D eigenvalue weighted by Gasteiger charge is 2.38. The lowest BCUT2D eigenvalue weighted by Crippen LogP contribution is -2.44. The van der Waals surface area contributed by atoms with Gasteiger partial charge in [0.2, 0.25) is 5.52 Å². The summed E-state index contributed by atoms with van der Waals surface area (Å²) in [6.45, 7) is 7.35. The van der Waals surface area contributed by atoms with E-state index in [0.717, 1.165) is 55.4 Å². The van der Waals surface area contributed by atoms with E-state index in [0.29, 0.717) is 29.2 Å². The first kappa shape index (κ1) is 23.2. The topological polar surface area (TPSA) is 55.0 Å². The van der Waals surface area contributed by atoms with Crippen LogP contribution in [0.3, 0.4) is 0 Å². The number of methoxy groups -OCH3 is 1. The van der Waals surface area contributed by atoms with Gasteiger partial charge in [0.25, 0.3) is 11.4 Å². The second kappa shape index (κ2) is 9.21. The molecule has 3 aromatic rings. The number of fused-ring (bicyclic) bond motifs is 1. The largest absolute Gasteiger partial charge is 0.494 e. The number of rotatable bonds is 6. The summed E-state index contributed by atoms with van der Waals surface area (Å²) in [6, 6.07) is 11.0. The van der Waals surface area contributed by atoms with E-state index in [1.165, 1.54) is 12.1 Å². The van der Waals surface area contributed by atoms with E-state index < -0.39 is 0 Å². The van der Waals surface area contributed by atoms with Gasteiger partial charge in [0, 0.05) is 44.4 Å². The molecule has 0 unspecified atom stereocenters. The molecular weight excluding hydrogens is 445 g/mol. The number of hydrogen-bond acceptors (Lipinski definition) is 5. The van der Waals surface area contributed by atoms with Crippen LogP contribution in [-0.2, 0) is 7.05 Å². The molecule has 8 heteroatoms. The zero-order chi connectivity index (χ0) is 24.7. The maximum absolute atomic E-state index is 13.8. The van der Waals surface area contributed by atoms with Crippen LogP contribution in [0, 0.1) is 12.4 Å². The Labute approximate surface area is 204 Å². The fraction of sp³-hybridized carbons (Fsp3) is 0.444. The summed E-state index contributed by atoms with van der Waals surface area (Å²) < 4.78 is 20.9. The molecule has 1 aromatic carbocycles. The monoisotopic (exact) mass is 475 g/mol. The third-order valence-corrected chi connectivity index (χ3v) is 7.52. The molecule has 2 aliphatic carbocycles. The van der Waals surface area contributed by atoms with Crippen LogP contribution < -0.4 is 20.1 Å². The first-order chi connectivity index (χ1) is 16.9. The average Bonchev–Trinajstić information content (AvgIpc) is 3.72. The highest BCUT2D eigenvalue weighted by Crippen LogP contribution is 2.42. The van der Waals surface area contributed by atoms with Gasteiger partial charge in [-0.2, -0.15) is 0 Å². The normalized spacial score (nSPS) is 19.9. The Balaban J connectivity index is 1.39. The van der Waals surface area contributed by atoms with Crippen molar-refractivity contribution in [3.05, 3.63) is 64.0 Å². The van der Waals surface area contributed by atoms with Crippen LogP contribution in [0.15, 0.2) is 41.2 Å². The van der Waals surface area contributed by atoms with E-state index >= 15 is 0 Å². The summed E-state index contributed by atoms with van der Waals surface area (Å²) in [7, 11) is 5.35. The van der Waals surface area contributed by atoms with E-state index in [9.17, 15) is 9.18 Å². The van der Waals surface area contributed by atoms with Gasteiger partial charge in [-0.05, 0) is 62.8 Å². The van der Waals surface area contributed by atoms with Crippen LogP contribution in [0.4, 0.5) is 21.6 Å². The fourth-order valence-electron chi connectivity index (χ4n) is 5.46. The summed E-state index contributed by atoms with van der Waals surface area (Å²) in [6.07, 6.45) is 6.22. The molecule has 2 heterocycles. The second-order valence-corrected chi connectivity index (χ2v) is 9.60. The van der Waals surface area contributed by atoms with Gasteiger partial charge in [-0.15, -0.1) is 4.98 Å². The standard InChI is InChI=1S/C27H30FN5O2/c1-29-25-14-13-22-27(30-25)23(16-26(34)32(22)3)31(2)18-6-8-19(9-7-18)33(20-10-11-20)21-12-5-17(28)15-24(21)35-4/h5,12-16,18-20H,6-11H2,2-4H3. The Morgan fingerprint density at radius 3 is 2.31 bits per heavy atom. The zero-order valence-corrected chi connectivity index (χ0v) is 20.4. The van der Waals surface area contributed by atoms with Crippen molar-refractivity contribution in [2.24, 2.45) is 7.05 Å². The Morgan fingerprint density at radius 2 is 1.69 bits per heavy atom. The van der Waals surface area contributed by atoms with Gasteiger partial charge in [0.05, 0.1) is 24.0 Å². The quantitative estimate of drug-likeness (QED) is 0.467. The first-order valence-corrected chi connectivity index (χ1v) is 12.1. The summed E-state index contributed by atoms with van der Waals surface area (Å²) in [5.41, 5.74) is 3.07. The van der Waals surface area contributed by atoms with E-state index in [1.54, 1.807) is 36.9 Å². The van der Waals surface area contributed by atoms with E-state index in [2.05, 4.69) is 19.6 Å². The van der Waals surface area contributed by atoms with Crippen molar-refractivity contribution >= 4 is 28.2 Å². The molecule has 0 amide bonds. The number of ether oxygens (including phenoxy) is 1.